The van der Waals surface area contributed by atoms with E-state index in [9.17, 15) is 14.7 Å². The summed E-state index contributed by atoms with van der Waals surface area (Å²) in [5, 5.41) is 10.0. The summed E-state index contributed by atoms with van der Waals surface area (Å²) in [6, 6.07) is 3.19. The van der Waals surface area contributed by atoms with E-state index in [-0.39, 0.29) is 25.6 Å². The van der Waals surface area contributed by atoms with E-state index in [1.807, 2.05) is 0 Å². The smallest absolute Gasteiger partial charge is 0.236 e. The molecule has 0 aliphatic carbocycles. The molecule has 102 valence electrons. The van der Waals surface area contributed by atoms with Crippen molar-refractivity contribution in [3.05, 3.63) is 28.8 Å². The van der Waals surface area contributed by atoms with Crippen LogP contribution in [0.15, 0.2) is 12.1 Å². The normalized spacial score (nSPS) is 10.1. The van der Waals surface area contributed by atoms with Gasteiger partial charge in [0.25, 0.3) is 0 Å². The van der Waals surface area contributed by atoms with Crippen molar-refractivity contribution in [1.82, 2.24) is 0 Å². The maximum absolute atomic E-state index is 10.6. The Morgan fingerprint density at radius 2 is 1.50 bits per heavy atom. The number of carbonyl (C=O) groups is 2. The van der Waals surface area contributed by atoms with Crippen LogP contribution in [0.5, 0.6) is 5.75 Å². The Morgan fingerprint density at radius 1 is 1.05 bits per heavy atom. The van der Waals surface area contributed by atoms with Crippen LogP contribution in [-0.2, 0) is 34.0 Å². The Labute approximate surface area is 118 Å². The first-order valence-corrected chi connectivity index (χ1v) is 5.61. The fourth-order valence-corrected chi connectivity index (χ4v) is 1.60. The van der Waals surface area contributed by atoms with E-state index in [0.29, 0.717) is 16.7 Å². The van der Waals surface area contributed by atoms with Crippen LogP contribution in [0.2, 0.25) is 0 Å². The fourth-order valence-electron chi connectivity index (χ4n) is 1.60. The van der Waals surface area contributed by atoms with Crippen LogP contribution in [-0.4, -0.2) is 39.6 Å². The molecule has 1 aromatic rings. The van der Waals surface area contributed by atoms with Gasteiger partial charge in [-0.15, -0.1) is 0 Å². The van der Waals surface area contributed by atoms with Crippen molar-refractivity contribution in [2.24, 2.45) is 0 Å². The lowest BCUT2D eigenvalue weighted by atomic mass is 10.0. The number of phenols is 1. The van der Waals surface area contributed by atoms with Crippen molar-refractivity contribution < 1.29 is 28.9 Å². The first-order chi connectivity index (χ1) is 9.43. The van der Waals surface area contributed by atoms with E-state index in [1.54, 1.807) is 12.1 Å². The Hall–Kier alpha value is -1.95. The molecular formula is C12H12B2O6. The second kappa shape index (κ2) is 7.59. The molecule has 1 rings (SSSR count). The van der Waals surface area contributed by atoms with Crippen molar-refractivity contribution >= 4 is 27.4 Å². The molecule has 0 aromatic heterocycles. The third-order valence-corrected chi connectivity index (χ3v) is 2.38. The van der Waals surface area contributed by atoms with Crippen molar-refractivity contribution in [2.45, 2.75) is 19.8 Å². The highest BCUT2D eigenvalue weighted by molar-refractivity contribution is 6.55. The van der Waals surface area contributed by atoms with Gasteiger partial charge in [0.1, 0.15) is 19.0 Å². The number of benzene rings is 1. The Balaban J connectivity index is 3.01. The van der Waals surface area contributed by atoms with Gasteiger partial charge < -0.3 is 19.3 Å². The minimum atomic E-state index is -0.962. The fraction of sp³-hybridized carbons (Fsp3) is 0.333. The molecule has 0 unspecified atom stereocenters. The highest BCUT2D eigenvalue weighted by Crippen LogP contribution is 2.26. The molecule has 6 nitrogen and oxygen atoms in total. The summed E-state index contributed by atoms with van der Waals surface area (Å²) in [6.45, 7) is -0.141. The molecule has 0 fully saturated rings. The van der Waals surface area contributed by atoms with Crippen LogP contribution < -0.4 is 0 Å². The van der Waals surface area contributed by atoms with Gasteiger partial charge in [-0.25, -0.2) is 0 Å². The van der Waals surface area contributed by atoms with Crippen LogP contribution in [0.3, 0.4) is 0 Å². The summed E-state index contributed by atoms with van der Waals surface area (Å²) in [6.07, 6.45) is 0. The molecule has 0 saturated carbocycles. The zero-order valence-electron chi connectivity index (χ0n) is 10.9. The van der Waals surface area contributed by atoms with Crippen LogP contribution in [0, 0.1) is 0 Å². The zero-order valence-corrected chi connectivity index (χ0v) is 10.9. The standard InChI is InChI=1S/C12H12B2O6/c1-18-4-7-2-8(5-19-11(13)16)10(15)9(3-7)6-20-12(14)17/h2-3,15H,4-6H2,1H3. The quantitative estimate of drug-likeness (QED) is 0.783. The van der Waals surface area contributed by atoms with Crippen LogP contribution in [0.25, 0.3) is 0 Å². The van der Waals surface area contributed by atoms with E-state index in [4.69, 9.17) is 20.4 Å². The molecule has 0 saturated heterocycles. The molecule has 4 radical (unpaired) electrons. The molecular weight excluding hydrogens is 262 g/mol. The second-order valence-electron chi connectivity index (χ2n) is 3.91. The SMILES string of the molecule is [B]C(=O)OCc1cc(COC)cc(COC([B])=O)c1O. The summed E-state index contributed by atoms with van der Waals surface area (Å²) >= 11 is 0. The molecule has 8 heteroatoms. The van der Waals surface area contributed by atoms with Crippen molar-refractivity contribution in [3.8, 4) is 5.75 Å². The predicted molar refractivity (Wildman–Crippen MR) is 70.7 cm³/mol. The number of hydrogen-bond donors (Lipinski definition) is 1. The van der Waals surface area contributed by atoms with Crippen molar-refractivity contribution in [1.29, 1.82) is 0 Å². The van der Waals surface area contributed by atoms with Gasteiger partial charge in [-0.3, -0.25) is 9.59 Å². The summed E-state index contributed by atoms with van der Waals surface area (Å²) in [5.41, 5.74) is 1.35. The molecule has 0 amide bonds. The van der Waals surface area contributed by atoms with Crippen LogP contribution >= 0.6 is 0 Å². The van der Waals surface area contributed by atoms with Gasteiger partial charge >= 0.3 is 0 Å². The topological polar surface area (TPSA) is 82.1 Å². The number of rotatable bonds is 6. The first kappa shape index (κ1) is 16.1. The van der Waals surface area contributed by atoms with Crippen LogP contribution in [0.4, 0.5) is 9.59 Å². The highest BCUT2D eigenvalue weighted by Gasteiger charge is 2.12. The minimum absolute atomic E-state index is 0.160. The van der Waals surface area contributed by atoms with E-state index in [2.05, 4.69) is 9.47 Å². The first-order valence-electron chi connectivity index (χ1n) is 5.61. The summed E-state index contributed by atoms with van der Waals surface area (Å²) in [5.74, 6) is -2.08. The molecule has 0 aliphatic rings. The number of phenolic OH excluding ortho intramolecular Hbond substituents is 1. The Morgan fingerprint density at radius 3 is 1.85 bits per heavy atom. The third-order valence-electron chi connectivity index (χ3n) is 2.38. The molecule has 0 atom stereocenters. The lowest BCUT2D eigenvalue weighted by Crippen LogP contribution is -2.06. The number of aromatic hydroxyl groups is 1. The molecule has 20 heavy (non-hydrogen) atoms. The lowest BCUT2D eigenvalue weighted by molar-refractivity contribution is 0.162. The maximum atomic E-state index is 10.6. The Bertz CT molecular complexity index is 464. The van der Waals surface area contributed by atoms with E-state index in [0.717, 1.165) is 0 Å². The second-order valence-corrected chi connectivity index (χ2v) is 3.91. The minimum Gasteiger partial charge on any atom is -0.507 e. The van der Waals surface area contributed by atoms with Crippen molar-refractivity contribution in [3.63, 3.8) is 0 Å². The van der Waals surface area contributed by atoms with Gasteiger partial charge in [-0.2, -0.15) is 0 Å². The Kier molecular flexibility index (Phi) is 6.11. The molecule has 1 aromatic carbocycles. The maximum Gasteiger partial charge on any atom is 0.236 e. The van der Waals surface area contributed by atoms with Gasteiger partial charge in [0.15, 0.2) is 0 Å². The molecule has 0 heterocycles. The van der Waals surface area contributed by atoms with Gasteiger partial charge in [0.05, 0.1) is 6.61 Å². The average Bonchev–Trinajstić information content (AvgIpc) is 2.37. The molecule has 0 spiro atoms. The predicted octanol–water partition coefficient (Wildman–Crippen LogP) is 1.15. The van der Waals surface area contributed by atoms with E-state index in [1.165, 1.54) is 7.11 Å². The number of methoxy groups -OCH3 is 1. The van der Waals surface area contributed by atoms with Gasteiger partial charge in [-0.1, -0.05) is 0 Å². The number of ether oxygens (including phenoxy) is 3. The van der Waals surface area contributed by atoms with Gasteiger partial charge in [0, 0.05) is 18.2 Å². The molecule has 0 aliphatic heterocycles. The van der Waals surface area contributed by atoms with E-state index < -0.39 is 11.7 Å². The monoisotopic (exact) mass is 274 g/mol. The molecule has 0 bridgehead atoms. The summed E-state index contributed by atoms with van der Waals surface area (Å²) in [7, 11) is 11.2. The molecule has 1 N–H and O–H groups in total. The number of carbonyl (C=O) groups excluding carboxylic acids is 2. The van der Waals surface area contributed by atoms with Crippen molar-refractivity contribution in [2.75, 3.05) is 7.11 Å². The van der Waals surface area contributed by atoms with Gasteiger partial charge in [-0.05, 0) is 17.7 Å². The van der Waals surface area contributed by atoms with E-state index >= 15 is 0 Å². The zero-order chi connectivity index (χ0) is 15.1. The highest BCUT2D eigenvalue weighted by atomic mass is 16.5. The summed E-state index contributed by atoms with van der Waals surface area (Å²) < 4.78 is 14.2. The lowest BCUT2D eigenvalue weighted by Gasteiger charge is -2.13. The third kappa shape index (κ3) is 4.97. The van der Waals surface area contributed by atoms with Crippen LogP contribution in [0.1, 0.15) is 16.7 Å². The van der Waals surface area contributed by atoms with Gasteiger partial charge in [0.2, 0.25) is 27.4 Å². The average molecular weight is 274 g/mol. The number of hydrogen-bond acceptors (Lipinski definition) is 6. The summed E-state index contributed by atoms with van der Waals surface area (Å²) in [4.78, 5) is 21.2. The largest absolute Gasteiger partial charge is 0.507 e.